The number of nitrogens with one attached hydrogen (secondary N) is 1. The highest BCUT2D eigenvalue weighted by molar-refractivity contribution is 6.05. The molecule has 0 bridgehead atoms. The van der Waals surface area contributed by atoms with Gasteiger partial charge in [0.25, 0.3) is 11.5 Å². The average molecular weight is 434 g/mol. The summed E-state index contributed by atoms with van der Waals surface area (Å²) in [6.07, 6.45) is 1.28. The van der Waals surface area contributed by atoms with E-state index in [0.29, 0.717) is 23.7 Å². The van der Waals surface area contributed by atoms with Gasteiger partial charge in [0, 0.05) is 18.9 Å². The van der Waals surface area contributed by atoms with Crippen LogP contribution in [0.3, 0.4) is 0 Å². The fourth-order valence-electron chi connectivity index (χ4n) is 3.25. The van der Waals surface area contributed by atoms with Crippen LogP contribution in [-0.4, -0.2) is 26.6 Å². The van der Waals surface area contributed by atoms with E-state index in [9.17, 15) is 18.8 Å². The molecule has 1 N–H and O–H groups in total. The van der Waals surface area contributed by atoms with Gasteiger partial charge < -0.3 is 10.1 Å². The van der Waals surface area contributed by atoms with Gasteiger partial charge in [-0.15, -0.1) is 0 Å². The molecule has 2 heterocycles. The highest BCUT2D eigenvalue weighted by atomic mass is 19.1. The first kappa shape index (κ1) is 21.0. The molecule has 4 rings (SSSR count). The molecule has 0 aliphatic carbocycles. The maximum absolute atomic E-state index is 13.3. The van der Waals surface area contributed by atoms with E-state index in [2.05, 4.69) is 10.3 Å². The summed E-state index contributed by atoms with van der Waals surface area (Å²) in [4.78, 5) is 42.4. The number of hydrogen-bond acceptors (Lipinski definition) is 5. The summed E-state index contributed by atoms with van der Waals surface area (Å²) in [5, 5.41) is 2.82. The third-order valence-corrected chi connectivity index (χ3v) is 4.86. The van der Waals surface area contributed by atoms with Crippen LogP contribution in [0, 0.1) is 5.82 Å². The lowest BCUT2D eigenvalue weighted by Crippen LogP contribution is -2.38. The third kappa shape index (κ3) is 3.87. The van der Waals surface area contributed by atoms with E-state index in [1.54, 1.807) is 24.3 Å². The Morgan fingerprint density at radius 1 is 1.09 bits per heavy atom. The number of benzene rings is 2. The second kappa shape index (κ2) is 8.46. The molecule has 0 radical (unpaired) electrons. The molecule has 0 unspecified atom stereocenters. The van der Waals surface area contributed by atoms with Crippen molar-refractivity contribution in [2.24, 2.45) is 7.05 Å². The Balaban J connectivity index is 1.75. The van der Waals surface area contributed by atoms with E-state index < -0.39 is 23.0 Å². The molecule has 0 saturated heterocycles. The fraction of sp³-hybridized carbons (Fsp3) is 0.130. The summed E-state index contributed by atoms with van der Waals surface area (Å²) in [5.74, 6) is -0.248. The lowest BCUT2D eigenvalue weighted by Gasteiger charge is -2.12. The minimum atomic E-state index is -0.631. The maximum atomic E-state index is 13.3. The van der Waals surface area contributed by atoms with Crippen molar-refractivity contribution in [2.75, 3.05) is 11.9 Å². The van der Waals surface area contributed by atoms with E-state index in [-0.39, 0.29) is 16.6 Å². The van der Waals surface area contributed by atoms with E-state index in [0.717, 1.165) is 4.57 Å². The number of pyridine rings is 1. The number of anilines is 1. The molecule has 0 aliphatic rings. The third-order valence-electron chi connectivity index (χ3n) is 4.86. The van der Waals surface area contributed by atoms with Gasteiger partial charge in [-0.3, -0.25) is 14.2 Å². The average Bonchev–Trinajstić information content (AvgIpc) is 2.80. The van der Waals surface area contributed by atoms with Crippen LogP contribution in [-0.2, 0) is 7.05 Å². The summed E-state index contributed by atoms with van der Waals surface area (Å²) in [6.45, 7) is 2.41. The Labute approximate surface area is 181 Å². The number of halogens is 1. The molecular formula is C23H19FN4O4. The lowest BCUT2D eigenvalue weighted by atomic mass is 10.2. The fourth-order valence-corrected chi connectivity index (χ4v) is 3.25. The first-order valence-corrected chi connectivity index (χ1v) is 9.81. The predicted octanol–water partition coefficient (Wildman–Crippen LogP) is 2.87. The smallest absolute Gasteiger partial charge is 0.337 e. The SMILES string of the molecule is CCOc1ccc(NC(=O)c2cnc3c(c2)c(=O)n(C)c(=O)n3-c2ccc(F)cc2)cc1. The number of nitrogens with zero attached hydrogens (tertiary/aromatic N) is 3. The summed E-state index contributed by atoms with van der Waals surface area (Å²) >= 11 is 0. The first-order chi connectivity index (χ1) is 15.4. The summed E-state index contributed by atoms with van der Waals surface area (Å²) in [6, 6.07) is 13.5. The Kier molecular flexibility index (Phi) is 5.55. The number of ether oxygens (including phenoxy) is 1. The van der Waals surface area contributed by atoms with Crippen molar-refractivity contribution < 1.29 is 13.9 Å². The largest absolute Gasteiger partial charge is 0.494 e. The van der Waals surface area contributed by atoms with Crippen molar-refractivity contribution in [3.05, 3.63) is 93.0 Å². The van der Waals surface area contributed by atoms with Gasteiger partial charge in [0.2, 0.25) is 0 Å². The van der Waals surface area contributed by atoms with Crippen molar-refractivity contribution in [2.45, 2.75) is 6.92 Å². The van der Waals surface area contributed by atoms with Crippen molar-refractivity contribution >= 4 is 22.6 Å². The first-order valence-electron chi connectivity index (χ1n) is 9.81. The number of carbonyl (C=O) groups excluding carboxylic acids is 1. The number of aromatic nitrogens is 3. The second-order valence-electron chi connectivity index (χ2n) is 6.97. The maximum Gasteiger partial charge on any atom is 0.337 e. The highest BCUT2D eigenvalue weighted by Crippen LogP contribution is 2.18. The summed E-state index contributed by atoms with van der Waals surface area (Å²) < 4.78 is 20.8. The Morgan fingerprint density at radius 2 is 1.78 bits per heavy atom. The Bertz CT molecular complexity index is 1420. The van der Waals surface area contributed by atoms with E-state index in [1.165, 1.54) is 48.1 Å². The van der Waals surface area contributed by atoms with Crippen molar-refractivity contribution in [1.29, 1.82) is 0 Å². The number of amides is 1. The van der Waals surface area contributed by atoms with Gasteiger partial charge in [-0.1, -0.05) is 0 Å². The van der Waals surface area contributed by atoms with E-state index >= 15 is 0 Å². The van der Waals surface area contributed by atoms with E-state index in [4.69, 9.17) is 4.74 Å². The monoisotopic (exact) mass is 434 g/mol. The standard InChI is InChI=1S/C23H19FN4O4/c1-3-32-18-10-6-16(7-11-18)26-21(29)14-12-19-20(25-13-14)28(23(31)27(2)22(19)30)17-8-4-15(24)5-9-17/h4-13H,3H2,1-2H3,(H,26,29). The van der Waals surface area contributed by atoms with Gasteiger partial charge >= 0.3 is 5.69 Å². The van der Waals surface area contributed by atoms with Gasteiger partial charge in [0.1, 0.15) is 11.6 Å². The van der Waals surface area contributed by atoms with Gasteiger partial charge in [0.05, 0.1) is 23.2 Å². The molecular weight excluding hydrogens is 415 g/mol. The normalized spacial score (nSPS) is 10.8. The van der Waals surface area contributed by atoms with Crippen LogP contribution in [0.1, 0.15) is 17.3 Å². The Hall–Kier alpha value is -4.27. The molecule has 162 valence electrons. The molecule has 2 aromatic heterocycles. The van der Waals surface area contributed by atoms with Crippen LogP contribution in [0.2, 0.25) is 0 Å². The molecule has 1 amide bonds. The van der Waals surface area contributed by atoms with Gasteiger partial charge in [0.15, 0.2) is 5.65 Å². The molecule has 0 aliphatic heterocycles. The predicted molar refractivity (Wildman–Crippen MR) is 118 cm³/mol. The molecule has 32 heavy (non-hydrogen) atoms. The number of fused-ring (bicyclic) bond motifs is 1. The highest BCUT2D eigenvalue weighted by Gasteiger charge is 2.16. The minimum absolute atomic E-state index is 0.0716. The minimum Gasteiger partial charge on any atom is -0.494 e. The zero-order valence-electron chi connectivity index (χ0n) is 17.3. The zero-order chi connectivity index (χ0) is 22.8. The van der Waals surface area contributed by atoms with Gasteiger partial charge in [-0.25, -0.2) is 18.7 Å². The zero-order valence-corrected chi connectivity index (χ0v) is 17.3. The van der Waals surface area contributed by atoms with Crippen LogP contribution in [0.15, 0.2) is 70.4 Å². The van der Waals surface area contributed by atoms with Gasteiger partial charge in [-0.2, -0.15) is 0 Å². The van der Waals surface area contributed by atoms with Crippen molar-refractivity contribution in [3.8, 4) is 11.4 Å². The van der Waals surface area contributed by atoms with Crippen LogP contribution < -0.4 is 21.3 Å². The molecule has 8 nitrogen and oxygen atoms in total. The number of rotatable bonds is 5. The quantitative estimate of drug-likeness (QED) is 0.521. The number of hydrogen-bond donors (Lipinski definition) is 1. The van der Waals surface area contributed by atoms with Crippen LogP contribution >= 0.6 is 0 Å². The van der Waals surface area contributed by atoms with E-state index in [1.807, 2.05) is 6.92 Å². The molecule has 0 spiro atoms. The van der Waals surface area contributed by atoms with Crippen LogP contribution in [0.25, 0.3) is 16.7 Å². The van der Waals surface area contributed by atoms with Crippen molar-refractivity contribution in [1.82, 2.24) is 14.1 Å². The van der Waals surface area contributed by atoms with Crippen LogP contribution in [0.4, 0.5) is 10.1 Å². The molecule has 0 fully saturated rings. The molecule has 9 heteroatoms. The summed E-state index contributed by atoms with van der Waals surface area (Å²) in [7, 11) is 1.33. The summed E-state index contributed by atoms with van der Waals surface area (Å²) in [5.41, 5.74) is -0.117. The lowest BCUT2D eigenvalue weighted by molar-refractivity contribution is 0.102. The molecule has 0 atom stereocenters. The second-order valence-corrected chi connectivity index (χ2v) is 6.97. The number of carbonyl (C=O) groups is 1. The van der Waals surface area contributed by atoms with Crippen LogP contribution in [0.5, 0.6) is 5.75 Å². The topological polar surface area (TPSA) is 95.2 Å². The van der Waals surface area contributed by atoms with Gasteiger partial charge in [-0.05, 0) is 61.5 Å². The van der Waals surface area contributed by atoms with Crippen molar-refractivity contribution in [3.63, 3.8) is 0 Å². The molecule has 4 aromatic rings. The molecule has 0 saturated carbocycles. The Morgan fingerprint density at radius 3 is 2.44 bits per heavy atom. The molecule has 2 aromatic carbocycles.